The van der Waals surface area contributed by atoms with Crippen molar-refractivity contribution in [3.8, 4) is 0 Å². The molecule has 1 aliphatic heterocycles. The molecule has 21 heavy (non-hydrogen) atoms. The number of carbonyl (C=O) groups excluding carboxylic acids is 1. The van der Waals surface area contributed by atoms with Gasteiger partial charge < -0.3 is 16.0 Å². The predicted molar refractivity (Wildman–Crippen MR) is 89.1 cm³/mol. The second kappa shape index (κ2) is 8.74. The zero-order chi connectivity index (χ0) is 15.9. The summed E-state index contributed by atoms with van der Waals surface area (Å²) in [5, 5.41) is 3.12. The van der Waals surface area contributed by atoms with Crippen molar-refractivity contribution >= 4 is 5.91 Å². The zero-order valence-electron chi connectivity index (χ0n) is 14.5. The lowest BCUT2D eigenvalue weighted by Gasteiger charge is -2.33. The lowest BCUT2D eigenvalue weighted by atomic mass is 9.76. The molecule has 1 fully saturated rings. The molecular formula is C17H35N3O. The molecule has 0 aliphatic carbocycles. The maximum Gasteiger partial charge on any atom is 0.220 e. The highest BCUT2D eigenvalue weighted by Crippen LogP contribution is 2.32. The molecule has 1 rings (SSSR count). The fourth-order valence-electron chi connectivity index (χ4n) is 3.24. The summed E-state index contributed by atoms with van der Waals surface area (Å²) in [7, 11) is 2.16. The molecule has 1 amide bonds. The van der Waals surface area contributed by atoms with Crippen LogP contribution in [0.15, 0.2) is 0 Å². The van der Waals surface area contributed by atoms with Crippen molar-refractivity contribution in [2.45, 2.75) is 65.3 Å². The Kier molecular flexibility index (Phi) is 7.67. The number of nitrogens with two attached hydrogens (primary N) is 1. The highest BCUT2D eigenvalue weighted by atomic mass is 16.1. The molecule has 2 atom stereocenters. The third-order valence-corrected chi connectivity index (χ3v) is 4.92. The first-order valence-electron chi connectivity index (χ1n) is 8.51. The first-order chi connectivity index (χ1) is 9.84. The van der Waals surface area contributed by atoms with E-state index in [0.717, 1.165) is 25.9 Å². The molecule has 0 spiro atoms. The summed E-state index contributed by atoms with van der Waals surface area (Å²) >= 11 is 0. The van der Waals surface area contributed by atoms with Gasteiger partial charge in [0.25, 0.3) is 0 Å². The number of nitrogens with zero attached hydrogens (tertiary/aromatic N) is 1. The molecule has 1 saturated heterocycles. The van der Waals surface area contributed by atoms with Crippen LogP contribution in [0.3, 0.4) is 0 Å². The first-order valence-corrected chi connectivity index (χ1v) is 8.51. The molecule has 124 valence electrons. The summed E-state index contributed by atoms with van der Waals surface area (Å²) in [6, 6.07) is 0.519. The van der Waals surface area contributed by atoms with Crippen LogP contribution in [-0.2, 0) is 4.79 Å². The monoisotopic (exact) mass is 297 g/mol. The fourth-order valence-corrected chi connectivity index (χ4v) is 3.24. The van der Waals surface area contributed by atoms with Crippen LogP contribution >= 0.6 is 0 Å². The van der Waals surface area contributed by atoms with Crippen molar-refractivity contribution < 1.29 is 4.79 Å². The Morgan fingerprint density at radius 2 is 2.05 bits per heavy atom. The van der Waals surface area contributed by atoms with Gasteiger partial charge in [0.2, 0.25) is 5.91 Å². The largest absolute Gasteiger partial charge is 0.355 e. The zero-order valence-corrected chi connectivity index (χ0v) is 14.5. The molecule has 0 aromatic rings. The van der Waals surface area contributed by atoms with Crippen molar-refractivity contribution in [1.29, 1.82) is 0 Å². The average Bonchev–Trinajstić information content (AvgIpc) is 2.41. The SMILES string of the molecule is CN1CCCCC1CNC(=O)CCC(CCN)C(C)(C)C. The van der Waals surface area contributed by atoms with Gasteiger partial charge in [-0.25, -0.2) is 0 Å². The third-order valence-electron chi connectivity index (χ3n) is 4.92. The lowest BCUT2D eigenvalue weighted by molar-refractivity contribution is -0.121. The van der Waals surface area contributed by atoms with Gasteiger partial charge in [-0.1, -0.05) is 27.2 Å². The first kappa shape index (κ1) is 18.4. The number of hydrogen-bond acceptors (Lipinski definition) is 3. The number of nitrogens with one attached hydrogen (secondary N) is 1. The van der Waals surface area contributed by atoms with Gasteiger partial charge in [-0.3, -0.25) is 4.79 Å². The van der Waals surface area contributed by atoms with Crippen molar-refractivity contribution in [3.05, 3.63) is 0 Å². The second-order valence-corrected chi connectivity index (χ2v) is 7.61. The van der Waals surface area contributed by atoms with Crippen molar-refractivity contribution in [2.24, 2.45) is 17.1 Å². The van der Waals surface area contributed by atoms with Crippen LogP contribution in [0.25, 0.3) is 0 Å². The van der Waals surface area contributed by atoms with E-state index in [1.54, 1.807) is 0 Å². The minimum Gasteiger partial charge on any atom is -0.355 e. The molecule has 1 aliphatic rings. The normalized spacial score (nSPS) is 22.0. The Morgan fingerprint density at radius 1 is 1.33 bits per heavy atom. The number of rotatable bonds is 7. The summed E-state index contributed by atoms with van der Waals surface area (Å²) in [5.74, 6) is 0.714. The molecule has 0 saturated carbocycles. The Bertz CT molecular complexity index is 312. The smallest absolute Gasteiger partial charge is 0.220 e. The number of likely N-dealkylation sites (tertiary alicyclic amines) is 1. The molecule has 4 heteroatoms. The van der Waals surface area contributed by atoms with Gasteiger partial charge in [-0.15, -0.1) is 0 Å². The maximum atomic E-state index is 12.1. The van der Waals surface area contributed by atoms with E-state index in [0.29, 0.717) is 24.9 Å². The average molecular weight is 297 g/mol. The standard InChI is InChI=1S/C17H35N3O/c1-17(2,3)14(10-11-18)8-9-16(21)19-13-15-7-5-6-12-20(15)4/h14-15H,5-13,18H2,1-4H3,(H,19,21). The van der Waals surface area contributed by atoms with Crippen LogP contribution in [0.4, 0.5) is 0 Å². The van der Waals surface area contributed by atoms with Crippen LogP contribution in [0, 0.1) is 11.3 Å². The Labute approximate surface area is 130 Å². The number of piperidine rings is 1. The quantitative estimate of drug-likeness (QED) is 0.758. The molecule has 2 unspecified atom stereocenters. The maximum absolute atomic E-state index is 12.1. The summed E-state index contributed by atoms with van der Waals surface area (Å²) < 4.78 is 0. The van der Waals surface area contributed by atoms with Crippen LogP contribution in [0.2, 0.25) is 0 Å². The van der Waals surface area contributed by atoms with Crippen molar-refractivity contribution in [2.75, 3.05) is 26.7 Å². The van der Waals surface area contributed by atoms with Gasteiger partial charge in [0.05, 0.1) is 0 Å². The Hall–Kier alpha value is -0.610. The van der Waals surface area contributed by atoms with E-state index in [9.17, 15) is 4.79 Å². The summed E-state index contributed by atoms with van der Waals surface area (Å²) in [5.41, 5.74) is 5.92. The van der Waals surface area contributed by atoms with Gasteiger partial charge in [-0.05, 0) is 57.2 Å². The van der Waals surface area contributed by atoms with E-state index in [1.807, 2.05) is 0 Å². The van der Waals surface area contributed by atoms with Gasteiger partial charge >= 0.3 is 0 Å². The molecule has 1 heterocycles. The summed E-state index contributed by atoms with van der Waals surface area (Å²) in [6.07, 6.45) is 6.34. The summed E-state index contributed by atoms with van der Waals surface area (Å²) in [4.78, 5) is 14.4. The third kappa shape index (κ3) is 6.79. The number of hydrogen-bond donors (Lipinski definition) is 2. The predicted octanol–water partition coefficient (Wildman–Crippen LogP) is 2.38. The van der Waals surface area contributed by atoms with Gasteiger partial charge in [-0.2, -0.15) is 0 Å². The van der Waals surface area contributed by atoms with Crippen LogP contribution in [-0.4, -0.2) is 43.5 Å². The minimum absolute atomic E-state index is 0.195. The van der Waals surface area contributed by atoms with E-state index in [-0.39, 0.29) is 11.3 Å². The summed E-state index contributed by atoms with van der Waals surface area (Å²) in [6.45, 7) is 9.37. The molecule has 4 nitrogen and oxygen atoms in total. The Morgan fingerprint density at radius 3 is 2.62 bits per heavy atom. The molecule has 0 radical (unpaired) electrons. The van der Waals surface area contributed by atoms with E-state index >= 15 is 0 Å². The fraction of sp³-hybridized carbons (Fsp3) is 0.941. The molecule has 0 bridgehead atoms. The van der Waals surface area contributed by atoms with E-state index < -0.39 is 0 Å². The number of amides is 1. The molecule has 0 aromatic heterocycles. The van der Waals surface area contributed by atoms with Gasteiger partial charge in [0.1, 0.15) is 0 Å². The number of likely N-dealkylation sites (N-methyl/N-ethyl adjacent to an activating group) is 1. The highest BCUT2D eigenvalue weighted by molar-refractivity contribution is 5.75. The van der Waals surface area contributed by atoms with Crippen LogP contribution in [0.1, 0.15) is 59.3 Å². The van der Waals surface area contributed by atoms with E-state index in [4.69, 9.17) is 5.73 Å². The second-order valence-electron chi connectivity index (χ2n) is 7.61. The van der Waals surface area contributed by atoms with E-state index in [2.05, 4.69) is 38.0 Å². The molecule has 3 N–H and O–H groups in total. The minimum atomic E-state index is 0.195. The topological polar surface area (TPSA) is 58.4 Å². The van der Waals surface area contributed by atoms with Gasteiger partial charge in [0, 0.05) is 19.0 Å². The molecule has 0 aromatic carbocycles. The van der Waals surface area contributed by atoms with Crippen molar-refractivity contribution in [1.82, 2.24) is 10.2 Å². The molecular weight excluding hydrogens is 262 g/mol. The van der Waals surface area contributed by atoms with Gasteiger partial charge in [0.15, 0.2) is 0 Å². The lowest BCUT2D eigenvalue weighted by Crippen LogP contribution is -2.44. The van der Waals surface area contributed by atoms with Crippen molar-refractivity contribution in [3.63, 3.8) is 0 Å². The van der Waals surface area contributed by atoms with Crippen LogP contribution in [0.5, 0.6) is 0 Å². The van der Waals surface area contributed by atoms with Crippen LogP contribution < -0.4 is 11.1 Å². The Balaban J connectivity index is 2.29. The van der Waals surface area contributed by atoms with E-state index in [1.165, 1.54) is 19.3 Å². The number of carbonyl (C=O) groups is 1. The highest BCUT2D eigenvalue weighted by Gasteiger charge is 2.25.